The van der Waals surface area contributed by atoms with Gasteiger partial charge >= 0.3 is 12.0 Å². The van der Waals surface area contributed by atoms with E-state index in [0.717, 1.165) is 25.9 Å². The largest absolute Gasteiger partial charge is 0.481 e. The van der Waals surface area contributed by atoms with Crippen molar-refractivity contribution in [3.05, 3.63) is 0 Å². The lowest BCUT2D eigenvalue weighted by atomic mass is 9.98. The van der Waals surface area contributed by atoms with Crippen LogP contribution in [0.4, 0.5) is 4.79 Å². The van der Waals surface area contributed by atoms with Crippen LogP contribution >= 0.6 is 0 Å². The molecule has 0 radical (unpaired) electrons. The summed E-state index contributed by atoms with van der Waals surface area (Å²) < 4.78 is 5.37. The summed E-state index contributed by atoms with van der Waals surface area (Å²) in [5.74, 6) is -0.839. The highest BCUT2D eigenvalue weighted by Crippen LogP contribution is 2.17. The molecule has 2 saturated heterocycles. The fourth-order valence-electron chi connectivity index (χ4n) is 2.68. The number of carbonyl (C=O) groups excluding carboxylic acids is 1. The lowest BCUT2D eigenvalue weighted by molar-refractivity contribution is -0.143. The highest BCUT2D eigenvalue weighted by Gasteiger charge is 2.28. The molecule has 2 N–H and O–H groups in total. The predicted molar refractivity (Wildman–Crippen MR) is 68.9 cm³/mol. The molecule has 0 aromatic rings. The van der Waals surface area contributed by atoms with Crippen molar-refractivity contribution >= 4 is 12.0 Å². The van der Waals surface area contributed by atoms with Gasteiger partial charge in [-0.25, -0.2) is 4.79 Å². The number of carboxylic acid groups (broad SMARTS) is 1. The van der Waals surface area contributed by atoms with E-state index in [-0.39, 0.29) is 6.03 Å². The van der Waals surface area contributed by atoms with Crippen molar-refractivity contribution in [1.82, 2.24) is 10.2 Å². The molecule has 2 amide bonds. The minimum Gasteiger partial charge on any atom is -0.481 e. The lowest BCUT2D eigenvalue weighted by Gasteiger charge is -2.31. The molecular formula is C13H22N2O4. The van der Waals surface area contributed by atoms with E-state index in [0.29, 0.717) is 38.6 Å². The van der Waals surface area contributed by atoms with E-state index in [1.165, 1.54) is 0 Å². The molecule has 0 aromatic carbocycles. The molecule has 2 aliphatic heterocycles. The van der Waals surface area contributed by atoms with E-state index in [2.05, 4.69) is 5.32 Å². The van der Waals surface area contributed by atoms with Gasteiger partial charge in [-0.1, -0.05) is 0 Å². The van der Waals surface area contributed by atoms with Crippen LogP contribution in [-0.2, 0) is 9.53 Å². The number of nitrogens with one attached hydrogen (secondary N) is 1. The van der Waals surface area contributed by atoms with Crippen molar-refractivity contribution in [2.45, 2.75) is 25.7 Å². The van der Waals surface area contributed by atoms with Gasteiger partial charge in [0.2, 0.25) is 0 Å². The molecule has 2 atom stereocenters. The number of urea groups is 1. The first kappa shape index (κ1) is 14.1. The molecule has 108 valence electrons. The Hall–Kier alpha value is -1.30. The fraction of sp³-hybridized carbons (Fsp3) is 0.846. The summed E-state index contributed by atoms with van der Waals surface area (Å²) in [6.45, 7) is 3.11. The number of aliphatic carboxylic acids is 1. The monoisotopic (exact) mass is 270 g/mol. The van der Waals surface area contributed by atoms with Crippen molar-refractivity contribution in [2.75, 3.05) is 32.8 Å². The lowest BCUT2D eigenvalue weighted by Crippen LogP contribution is -2.48. The maximum Gasteiger partial charge on any atom is 0.317 e. The van der Waals surface area contributed by atoms with E-state index in [4.69, 9.17) is 9.84 Å². The number of nitrogens with zero attached hydrogens (tertiary/aromatic N) is 1. The molecule has 2 aliphatic rings. The first-order valence-corrected chi connectivity index (χ1v) is 7.00. The number of hydrogen-bond donors (Lipinski definition) is 2. The molecule has 2 heterocycles. The third-order valence-corrected chi connectivity index (χ3v) is 3.85. The van der Waals surface area contributed by atoms with Gasteiger partial charge in [0.25, 0.3) is 0 Å². The third kappa shape index (κ3) is 4.09. The Labute approximate surface area is 113 Å². The standard InChI is InChI=1S/C13H22N2O4/c16-12(17)11-4-1-5-15(8-11)13(18)14-7-10-3-2-6-19-9-10/h10-11H,1-9H2,(H,14,18)(H,16,17). The molecule has 6 heteroatoms. The summed E-state index contributed by atoms with van der Waals surface area (Å²) in [6, 6.07) is -0.142. The molecule has 0 saturated carbocycles. The number of amides is 2. The van der Waals surface area contributed by atoms with Crippen LogP contribution in [0.15, 0.2) is 0 Å². The number of ether oxygens (including phenoxy) is 1. The summed E-state index contributed by atoms with van der Waals surface area (Å²) in [5.41, 5.74) is 0. The van der Waals surface area contributed by atoms with Gasteiger partial charge in [-0.3, -0.25) is 4.79 Å². The zero-order chi connectivity index (χ0) is 13.7. The second-order valence-corrected chi connectivity index (χ2v) is 5.39. The van der Waals surface area contributed by atoms with E-state index >= 15 is 0 Å². The van der Waals surface area contributed by atoms with Gasteiger partial charge < -0.3 is 20.1 Å². The SMILES string of the molecule is O=C(O)C1CCCN(C(=O)NCC2CCCOC2)C1. The van der Waals surface area contributed by atoms with Crippen LogP contribution in [0.25, 0.3) is 0 Å². The van der Waals surface area contributed by atoms with Crippen LogP contribution in [0, 0.1) is 11.8 Å². The van der Waals surface area contributed by atoms with Crippen LogP contribution in [0.2, 0.25) is 0 Å². The van der Waals surface area contributed by atoms with Crippen molar-refractivity contribution < 1.29 is 19.4 Å². The number of carbonyl (C=O) groups is 2. The molecule has 2 fully saturated rings. The number of rotatable bonds is 3. The van der Waals surface area contributed by atoms with Gasteiger partial charge in [-0.05, 0) is 31.6 Å². The van der Waals surface area contributed by atoms with Gasteiger partial charge in [0.05, 0.1) is 12.5 Å². The van der Waals surface area contributed by atoms with E-state index in [1.807, 2.05) is 0 Å². The first-order chi connectivity index (χ1) is 9.16. The molecule has 0 spiro atoms. The summed E-state index contributed by atoms with van der Waals surface area (Å²) in [6.07, 6.45) is 3.55. The molecular weight excluding hydrogens is 248 g/mol. The third-order valence-electron chi connectivity index (χ3n) is 3.85. The fourth-order valence-corrected chi connectivity index (χ4v) is 2.68. The zero-order valence-corrected chi connectivity index (χ0v) is 11.1. The van der Waals surface area contributed by atoms with Crippen LogP contribution in [0.3, 0.4) is 0 Å². The Morgan fingerprint density at radius 2 is 2.16 bits per heavy atom. The Morgan fingerprint density at radius 3 is 2.84 bits per heavy atom. The summed E-state index contributed by atoms with van der Waals surface area (Å²) in [5, 5.41) is 11.9. The van der Waals surface area contributed by atoms with Crippen LogP contribution in [0.5, 0.6) is 0 Å². The minimum atomic E-state index is -0.807. The summed E-state index contributed by atoms with van der Waals surface area (Å²) >= 11 is 0. The Balaban J connectivity index is 1.74. The molecule has 0 bridgehead atoms. The number of likely N-dealkylation sites (tertiary alicyclic amines) is 1. The van der Waals surface area contributed by atoms with E-state index < -0.39 is 11.9 Å². The van der Waals surface area contributed by atoms with E-state index in [9.17, 15) is 9.59 Å². The number of hydrogen-bond acceptors (Lipinski definition) is 3. The second-order valence-electron chi connectivity index (χ2n) is 5.39. The maximum atomic E-state index is 12.0. The van der Waals surface area contributed by atoms with Crippen LogP contribution < -0.4 is 5.32 Å². The number of carboxylic acids is 1. The molecule has 6 nitrogen and oxygen atoms in total. The molecule has 2 rings (SSSR count). The topological polar surface area (TPSA) is 78.9 Å². The van der Waals surface area contributed by atoms with Gasteiger partial charge in [-0.2, -0.15) is 0 Å². The van der Waals surface area contributed by atoms with Gasteiger partial charge in [0.15, 0.2) is 0 Å². The molecule has 0 aromatic heterocycles. The molecule has 2 unspecified atom stereocenters. The maximum absolute atomic E-state index is 12.0. The van der Waals surface area contributed by atoms with Crippen molar-refractivity contribution in [1.29, 1.82) is 0 Å². The smallest absolute Gasteiger partial charge is 0.317 e. The van der Waals surface area contributed by atoms with Crippen molar-refractivity contribution in [2.24, 2.45) is 11.8 Å². The van der Waals surface area contributed by atoms with Crippen LogP contribution in [-0.4, -0.2) is 54.9 Å². The zero-order valence-electron chi connectivity index (χ0n) is 11.1. The number of piperidine rings is 1. The second kappa shape index (κ2) is 6.75. The highest BCUT2D eigenvalue weighted by atomic mass is 16.5. The first-order valence-electron chi connectivity index (χ1n) is 7.00. The Kier molecular flexibility index (Phi) is 5.01. The predicted octanol–water partition coefficient (Wildman–Crippen LogP) is 0.919. The van der Waals surface area contributed by atoms with Gasteiger partial charge in [0.1, 0.15) is 0 Å². The quantitative estimate of drug-likeness (QED) is 0.799. The van der Waals surface area contributed by atoms with E-state index in [1.54, 1.807) is 4.90 Å². The summed E-state index contributed by atoms with van der Waals surface area (Å²) in [4.78, 5) is 24.6. The summed E-state index contributed by atoms with van der Waals surface area (Å²) in [7, 11) is 0. The Morgan fingerprint density at radius 1 is 1.32 bits per heavy atom. The normalized spacial score (nSPS) is 27.9. The molecule has 19 heavy (non-hydrogen) atoms. The average Bonchev–Trinajstić information content (AvgIpc) is 2.46. The molecule has 0 aliphatic carbocycles. The highest BCUT2D eigenvalue weighted by molar-refractivity contribution is 5.76. The minimum absolute atomic E-state index is 0.142. The van der Waals surface area contributed by atoms with Crippen LogP contribution in [0.1, 0.15) is 25.7 Å². The van der Waals surface area contributed by atoms with Gasteiger partial charge in [-0.15, -0.1) is 0 Å². The average molecular weight is 270 g/mol. The van der Waals surface area contributed by atoms with Crippen molar-refractivity contribution in [3.63, 3.8) is 0 Å². The Bertz CT molecular complexity index is 329. The van der Waals surface area contributed by atoms with Gasteiger partial charge in [0, 0.05) is 26.2 Å². The van der Waals surface area contributed by atoms with Crippen molar-refractivity contribution in [3.8, 4) is 0 Å².